The average molecular weight is 368 g/mol. The number of nitrogens with two attached hydrogens (primary N) is 1. The highest BCUT2D eigenvalue weighted by Crippen LogP contribution is 2.21. The van der Waals surface area contributed by atoms with Crippen LogP contribution in [0.4, 0.5) is 0 Å². The largest absolute Gasteiger partial charge is 0.423 e. The molecule has 0 radical (unpaired) electrons. The lowest BCUT2D eigenvalue weighted by atomic mass is 10.0. The summed E-state index contributed by atoms with van der Waals surface area (Å²) in [4.78, 5) is 11.5. The molecule has 0 fully saturated rings. The molecule has 146 valence electrons. The van der Waals surface area contributed by atoms with E-state index < -0.39 is 0 Å². The average Bonchev–Trinajstić information content (AvgIpc) is 2.67. The Bertz CT molecular complexity index is 785. The van der Waals surface area contributed by atoms with Crippen molar-refractivity contribution in [1.29, 1.82) is 0 Å². The Balaban J connectivity index is 0.00000123. The minimum absolute atomic E-state index is 0.305. The summed E-state index contributed by atoms with van der Waals surface area (Å²) in [5.74, 6) is 0.625. The first-order chi connectivity index (χ1) is 13.0. The lowest BCUT2D eigenvalue weighted by Gasteiger charge is -2.06. The van der Waals surface area contributed by atoms with E-state index in [2.05, 4.69) is 44.0 Å². The van der Waals surface area contributed by atoms with Crippen molar-refractivity contribution < 1.29 is 4.42 Å². The molecule has 0 bridgehead atoms. The topological polar surface area (TPSA) is 56.2 Å². The third kappa shape index (κ3) is 9.45. The molecule has 3 heteroatoms. The van der Waals surface area contributed by atoms with Crippen LogP contribution in [0, 0.1) is 6.92 Å². The summed E-state index contributed by atoms with van der Waals surface area (Å²) in [5, 5.41) is 0. The predicted octanol–water partition coefficient (Wildman–Crippen LogP) is 6.19. The second kappa shape index (κ2) is 14.4. The third-order valence-corrected chi connectivity index (χ3v) is 3.56. The Morgan fingerprint density at radius 1 is 1.19 bits per heavy atom. The van der Waals surface area contributed by atoms with Gasteiger partial charge in [0.15, 0.2) is 0 Å². The summed E-state index contributed by atoms with van der Waals surface area (Å²) in [7, 11) is 0. The normalized spacial score (nSPS) is 10.0. The number of hydrogen-bond acceptors (Lipinski definition) is 3. The summed E-state index contributed by atoms with van der Waals surface area (Å²) >= 11 is 0. The predicted molar refractivity (Wildman–Crippen MR) is 118 cm³/mol. The van der Waals surface area contributed by atoms with Crippen LogP contribution < -0.4 is 11.4 Å². The summed E-state index contributed by atoms with van der Waals surface area (Å²) in [6.07, 6.45) is 8.32. The van der Waals surface area contributed by atoms with Gasteiger partial charge in [0, 0.05) is 11.6 Å². The Morgan fingerprint density at radius 3 is 2.41 bits per heavy atom. The van der Waals surface area contributed by atoms with Crippen LogP contribution >= 0.6 is 0 Å². The molecule has 0 spiro atoms. The molecule has 0 aliphatic heterocycles. The van der Waals surface area contributed by atoms with E-state index in [0.29, 0.717) is 5.76 Å². The Labute approximate surface area is 163 Å². The molecule has 0 aliphatic rings. The van der Waals surface area contributed by atoms with Crippen molar-refractivity contribution in [3.63, 3.8) is 0 Å². The zero-order valence-electron chi connectivity index (χ0n) is 17.1. The molecule has 0 unspecified atom stereocenters. The maximum absolute atomic E-state index is 11.5. The molecule has 1 aromatic heterocycles. The Hall–Kier alpha value is -2.81. The van der Waals surface area contributed by atoms with E-state index in [0.717, 1.165) is 30.4 Å². The number of hydrogen-bond donors (Lipinski definition) is 1. The number of aryl methyl sites for hydroxylation is 2. The summed E-state index contributed by atoms with van der Waals surface area (Å²) in [6, 6.07) is 11.6. The van der Waals surface area contributed by atoms with Crippen molar-refractivity contribution in [1.82, 2.24) is 0 Å². The van der Waals surface area contributed by atoms with Crippen molar-refractivity contribution in [2.75, 3.05) is 0 Å². The number of allylic oxidation sites excluding steroid dienone is 3. The molecule has 2 N–H and O–H groups in total. The van der Waals surface area contributed by atoms with Gasteiger partial charge in [0.25, 0.3) is 0 Å². The van der Waals surface area contributed by atoms with E-state index in [-0.39, 0.29) is 5.63 Å². The zero-order chi connectivity index (χ0) is 20.7. The van der Waals surface area contributed by atoms with Gasteiger partial charge < -0.3 is 10.2 Å². The van der Waals surface area contributed by atoms with Gasteiger partial charge in [-0.05, 0) is 55.6 Å². The molecular weight excluding hydrogens is 334 g/mol. The molecule has 2 aromatic rings. The highest BCUT2D eigenvalue weighted by molar-refractivity contribution is 5.58. The van der Waals surface area contributed by atoms with Crippen LogP contribution in [0.5, 0.6) is 0 Å². The summed E-state index contributed by atoms with van der Waals surface area (Å²) in [5.41, 5.74) is 8.66. The van der Waals surface area contributed by atoms with Gasteiger partial charge in [0.05, 0.1) is 0 Å². The minimum Gasteiger partial charge on any atom is -0.423 e. The standard InChI is InChI=1S/C20H22O2.C2H5N.C2H6/c1-4-7-16(5-2)10-11-17-8-6-9-18(14-17)19-12-15(3)13-20(21)22-19;1-2-3;1-2/h5-9,12-14H,2,4,10-11H2,1,3H3;2H,1,3H2;1-2H3/b16-7+;;. The fraction of sp³-hybridized carbons (Fsp3) is 0.292. The maximum Gasteiger partial charge on any atom is 0.336 e. The smallest absolute Gasteiger partial charge is 0.336 e. The minimum atomic E-state index is -0.305. The molecule has 3 nitrogen and oxygen atoms in total. The van der Waals surface area contributed by atoms with Gasteiger partial charge in [-0.25, -0.2) is 4.79 Å². The first-order valence-corrected chi connectivity index (χ1v) is 9.39. The van der Waals surface area contributed by atoms with Gasteiger partial charge in [-0.1, -0.05) is 69.9 Å². The van der Waals surface area contributed by atoms with Crippen molar-refractivity contribution in [2.45, 2.75) is 47.0 Å². The second-order valence-electron chi connectivity index (χ2n) is 5.65. The molecule has 0 atom stereocenters. The lowest BCUT2D eigenvalue weighted by molar-refractivity contribution is 0.524. The van der Waals surface area contributed by atoms with Gasteiger partial charge in [-0.2, -0.15) is 0 Å². The number of rotatable bonds is 6. The monoisotopic (exact) mass is 367 g/mol. The van der Waals surface area contributed by atoms with Gasteiger partial charge in [-0.3, -0.25) is 0 Å². The van der Waals surface area contributed by atoms with Gasteiger partial charge in [0.1, 0.15) is 5.76 Å². The van der Waals surface area contributed by atoms with Crippen LogP contribution in [0.2, 0.25) is 0 Å². The van der Waals surface area contributed by atoms with Crippen molar-refractivity contribution in [2.24, 2.45) is 5.73 Å². The fourth-order valence-electron chi connectivity index (χ4n) is 2.46. The summed E-state index contributed by atoms with van der Waals surface area (Å²) < 4.78 is 5.30. The Kier molecular flexibility index (Phi) is 12.9. The van der Waals surface area contributed by atoms with Crippen LogP contribution in [-0.2, 0) is 6.42 Å². The van der Waals surface area contributed by atoms with E-state index in [9.17, 15) is 4.79 Å². The van der Waals surface area contributed by atoms with Crippen LogP contribution in [0.25, 0.3) is 11.3 Å². The molecule has 1 aromatic carbocycles. The van der Waals surface area contributed by atoms with E-state index in [1.165, 1.54) is 23.4 Å². The van der Waals surface area contributed by atoms with Crippen LogP contribution in [-0.4, -0.2) is 0 Å². The number of benzene rings is 1. The van der Waals surface area contributed by atoms with E-state index in [1.54, 1.807) is 0 Å². The zero-order valence-corrected chi connectivity index (χ0v) is 17.1. The van der Waals surface area contributed by atoms with E-state index >= 15 is 0 Å². The lowest BCUT2D eigenvalue weighted by Crippen LogP contribution is -1.98. The summed E-state index contributed by atoms with van der Waals surface area (Å²) in [6.45, 7) is 15.0. The molecule has 0 saturated heterocycles. The van der Waals surface area contributed by atoms with E-state index in [1.807, 2.05) is 45.0 Å². The van der Waals surface area contributed by atoms with E-state index in [4.69, 9.17) is 4.42 Å². The van der Waals surface area contributed by atoms with Crippen molar-refractivity contribution in [3.8, 4) is 11.3 Å². The SMILES string of the molecule is C=C/C(=C\CC)CCc1cccc(-c2cc(C)cc(=O)o2)c1.C=CN.CC. The second-order valence-corrected chi connectivity index (χ2v) is 5.65. The van der Waals surface area contributed by atoms with Gasteiger partial charge >= 0.3 is 5.63 Å². The first-order valence-electron chi connectivity index (χ1n) is 9.39. The molecule has 1 heterocycles. The van der Waals surface area contributed by atoms with Crippen molar-refractivity contribution in [3.05, 3.63) is 95.0 Å². The first kappa shape index (κ1) is 24.2. The highest BCUT2D eigenvalue weighted by atomic mass is 16.4. The van der Waals surface area contributed by atoms with Crippen LogP contribution in [0.15, 0.2) is 82.7 Å². The van der Waals surface area contributed by atoms with Crippen molar-refractivity contribution >= 4 is 0 Å². The quantitative estimate of drug-likeness (QED) is 0.620. The van der Waals surface area contributed by atoms with Gasteiger partial charge in [-0.15, -0.1) is 0 Å². The Morgan fingerprint density at radius 2 is 1.85 bits per heavy atom. The van der Waals surface area contributed by atoms with Gasteiger partial charge in [0.2, 0.25) is 0 Å². The molecule has 0 saturated carbocycles. The third-order valence-electron chi connectivity index (χ3n) is 3.56. The molecular formula is C24H33NO2. The molecule has 0 aliphatic carbocycles. The molecule has 2 rings (SSSR count). The fourth-order valence-corrected chi connectivity index (χ4v) is 2.46. The van der Waals surface area contributed by atoms with Crippen LogP contribution in [0.1, 0.15) is 44.7 Å². The molecule has 27 heavy (non-hydrogen) atoms. The molecule has 0 amide bonds. The highest BCUT2D eigenvalue weighted by Gasteiger charge is 2.04. The maximum atomic E-state index is 11.5. The van der Waals surface area contributed by atoms with Crippen LogP contribution in [0.3, 0.4) is 0 Å².